The molecule has 1 aromatic rings. The molecule has 0 amide bonds. The predicted octanol–water partition coefficient (Wildman–Crippen LogP) is 4.59. The Labute approximate surface area is 109 Å². The maximum atomic E-state index is 4.16. The predicted molar refractivity (Wildman–Crippen MR) is 72.4 cm³/mol. The molecule has 3 heteroatoms. The third-order valence-electron chi connectivity index (χ3n) is 2.39. The van der Waals surface area contributed by atoms with Gasteiger partial charge < -0.3 is 0 Å². The Morgan fingerprint density at radius 3 is 2.53 bits per heavy atom. The summed E-state index contributed by atoms with van der Waals surface area (Å²) in [5.41, 5.74) is 1.61. The first-order valence-electron chi connectivity index (χ1n) is 5.13. The Morgan fingerprint density at radius 2 is 2.00 bits per heavy atom. The average molecular weight is 335 g/mol. The number of rotatable bonds is 3. The van der Waals surface area contributed by atoms with Gasteiger partial charge in [0.25, 0.3) is 0 Å². The van der Waals surface area contributed by atoms with Crippen molar-refractivity contribution < 1.29 is 0 Å². The fourth-order valence-electron chi connectivity index (χ4n) is 1.32. The number of hydrogen-bond donors (Lipinski definition) is 0. The highest BCUT2D eigenvalue weighted by atomic mass is 79.9. The van der Waals surface area contributed by atoms with Crippen LogP contribution in [-0.4, -0.2) is 9.81 Å². The molecule has 0 aromatic carbocycles. The van der Waals surface area contributed by atoms with Crippen LogP contribution in [0, 0.1) is 5.41 Å². The van der Waals surface area contributed by atoms with E-state index in [-0.39, 0.29) is 0 Å². The molecule has 1 nitrogen and oxygen atoms in total. The largest absolute Gasteiger partial charge is 0.263 e. The zero-order valence-corrected chi connectivity index (χ0v) is 12.6. The monoisotopic (exact) mass is 333 g/mol. The molecule has 1 unspecified atom stereocenters. The van der Waals surface area contributed by atoms with Gasteiger partial charge in [0.05, 0.1) is 0 Å². The van der Waals surface area contributed by atoms with Gasteiger partial charge in [0, 0.05) is 21.7 Å². The first-order valence-corrected chi connectivity index (χ1v) is 6.84. The molecule has 0 aliphatic rings. The summed E-state index contributed by atoms with van der Waals surface area (Å²) in [5, 5.41) is 0. The summed E-state index contributed by atoms with van der Waals surface area (Å²) in [6.45, 7) is 6.77. The van der Waals surface area contributed by atoms with Crippen LogP contribution in [0.5, 0.6) is 0 Å². The maximum absolute atomic E-state index is 4.16. The fourth-order valence-corrected chi connectivity index (χ4v) is 1.96. The van der Waals surface area contributed by atoms with Crippen molar-refractivity contribution in [1.29, 1.82) is 0 Å². The van der Waals surface area contributed by atoms with Crippen LogP contribution < -0.4 is 0 Å². The molecular weight excluding hydrogens is 318 g/mol. The van der Waals surface area contributed by atoms with Crippen molar-refractivity contribution >= 4 is 31.9 Å². The Kier molecular flexibility index (Phi) is 4.78. The number of nitrogens with zero attached hydrogens (tertiary/aromatic N) is 1. The van der Waals surface area contributed by atoms with Gasteiger partial charge in [-0.2, -0.15) is 0 Å². The molecule has 0 fully saturated rings. The van der Waals surface area contributed by atoms with Crippen LogP contribution in [0.25, 0.3) is 0 Å². The highest BCUT2D eigenvalue weighted by Crippen LogP contribution is 2.29. The fraction of sp³-hybridized carbons (Fsp3) is 0.583. The van der Waals surface area contributed by atoms with Crippen LogP contribution in [0.2, 0.25) is 0 Å². The lowest BCUT2D eigenvalue weighted by atomic mass is 9.89. The molecule has 1 aromatic heterocycles. The molecule has 0 radical (unpaired) electrons. The normalized spacial score (nSPS) is 13.9. The van der Waals surface area contributed by atoms with Crippen molar-refractivity contribution in [2.24, 2.45) is 5.41 Å². The maximum Gasteiger partial charge on any atom is 0.0410 e. The van der Waals surface area contributed by atoms with Crippen molar-refractivity contribution in [2.75, 3.05) is 0 Å². The van der Waals surface area contributed by atoms with E-state index in [4.69, 9.17) is 0 Å². The zero-order chi connectivity index (χ0) is 11.5. The van der Waals surface area contributed by atoms with Crippen LogP contribution in [0.15, 0.2) is 22.9 Å². The van der Waals surface area contributed by atoms with Gasteiger partial charge in [0.1, 0.15) is 0 Å². The molecule has 0 aliphatic carbocycles. The quantitative estimate of drug-likeness (QED) is 0.737. The first-order chi connectivity index (χ1) is 6.89. The minimum absolute atomic E-state index is 0.319. The summed E-state index contributed by atoms with van der Waals surface area (Å²) in [5.74, 6) is 0. The number of alkyl halides is 1. The van der Waals surface area contributed by atoms with E-state index in [9.17, 15) is 0 Å². The number of halogens is 2. The van der Waals surface area contributed by atoms with Gasteiger partial charge in [0.2, 0.25) is 0 Å². The van der Waals surface area contributed by atoms with E-state index in [1.807, 2.05) is 12.4 Å². The standard InChI is InChI=1S/C12H17Br2N/c1-12(2,3)11(14)5-4-9-6-10(13)8-15-7-9/h6-8,11H,4-5H2,1-3H3. The van der Waals surface area contributed by atoms with E-state index in [2.05, 4.69) is 63.7 Å². The van der Waals surface area contributed by atoms with E-state index in [0.717, 1.165) is 17.3 Å². The van der Waals surface area contributed by atoms with Crippen molar-refractivity contribution in [3.8, 4) is 0 Å². The first kappa shape index (κ1) is 13.2. The van der Waals surface area contributed by atoms with Gasteiger partial charge in [-0.1, -0.05) is 36.7 Å². The van der Waals surface area contributed by atoms with Crippen LogP contribution in [0.3, 0.4) is 0 Å². The number of pyridine rings is 1. The van der Waals surface area contributed by atoms with Crippen LogP contribution in [0.1, 0.15) is 32.8 Å². The third kappa shape index (κ3) is 4.64. The van der Waals surface area contributed by atoms with E-state index in [1.165, 1.54) is 5.56 Å². The second-order valence-corrected chi connectivity index (χ2v) is 6.90. The van der Waals surface area contributed by atoms with Gasteiger partial charge in [-0.05, 0) is 45.8 Å². The van der Waals surface area contributed by atoms with E-state index < -0.39 is 0 Å². The molecule has 1 rings (SSSR count). The van der Waals surface area contributed by atoms with Gasteiger partial charge in [0.15, 0.2) is 0 Å². The lowest BCUT2D eigenvalue weighted by Gasteiger charge is -2.25. The second kappa shape index (κ2) is 5.44. The SMILES string of the molecule is CC(C)(C)C(Br)CCc1cncc(Br)c1. The molecular formula is C12H17Br2N. The second-order valence-electron chi connectivity index (χ2n) is 4.88. The highest BCUT2D eigenvalue weighted by molar-refractivity contribution is 9.10. The minimum atomic E-state index is 0.319. The lowest BCUT2D eigenvalue weighted by Crippen LogP contribution is -2.20. The molecule has 1 atom stereocenters. The number of hydrogen-bond acceptors (Lipinski definition) is 1. The summed E-state index contributed by atoms with van der Waals surface area (Å²) < 4.78 is 1.06. The topological polar surface area (TPSA) is 12.9 Å². The highest BCUT2D eigenvalue weighted by Gasteiger charge is 2.21. The van der Waals surface area contributed by atoms with E-state index in [0.29, 0.717) is 10.2 Å². The lowest BCUT2D eigenvalue weighted by molar-refractivity contribution is 0.385. The van der Waals surface area contributed by atoms with Gasteiger partial charge in [-0.15, -0.1) is 0 Å². The average Bonchev–Trinajstić information content (AvgIpc) is 2.12. The number of aryl methyl sites for hydroxylation is 1. The van der Waals surface area contributed by atoms with Crippen molar-refractivity contribution in [3.63, 3.8) is 0 Å². The molecule has 0 saturated heterocycles. The van der Waals surface area contributed by atoms with Crippen LogP contribution >= 0.6 is 31.9 Å². The molecule has 0 spiro atoms. The number of aromatic nitrogens is 1. The molecule has 0 bridgehead atoms. The molecule has 0 saturated carbocycles. The van der Waals surface area contributed by atoms with Crippen LogP contribution in [-0.2, 0) is 6.42 Å². The van der Waals surface area contributed by atoms with Gasteiger partial charge in [-0.25, -0.2) is 0 Å². The molecule has 0 N–H and O–H groups in total. The summed E-state index contributed by atoms with van der Waals surface area (Å²) >= 11 is 7.18. The van der Waals surface area contributed by atoms with Crippen molar-refractivity contribution in [3.05, 3.63) is 28.5 Å². The smallest absolute Gasteiger partial charge is 0.0410 e. The van der Waals surface area contributed by atoms with E-state index >= 15 is 0 Å². The summed E-state index contributed by atoms with van der Waals surface area (Å²) in [4.78, 5) is 4.71. The molecule has 0 aliphatic heterocycles. The summed E-state index contributed by atoms with van der Waals surface area (Å²) in [6, 6.07) is 2.13. The molecule has 1 heterocycles. The minimum Gasteiger partial charge on any atom is -0.263 e. The summed E-state index contributed by atoms with van der Waals surface area (Å²) in [7, 11) is 0. The Morgan fingerprint density at radius 1 is 1.33 bits per heavy atom. The van der Waals surface area contributed by atoms with Crippen molar-refractivity contribution in [2.45, 2.75) is 38.4 Å². The Hall–Kier alpha value is 0.110. The Balaban J connectivity index is 2.51. The molecule has 84 valence electrons. The van der Waals surface area contributed by atoms with E-state index in [1.54, 1.807) is 0 Å². The Bertz CT molecular complexity index is 318. The zero-order valence-electron chi connectivity index (χ0n) is 9.43. The van der Waals surface area contributed by atoms with Gasteiger partial charge >= 0.3 is 0 Å². The molecule has 15 heavy (non-hydrogen) atoms. The third-order valence-corrected chi connectivity index (χ3v) is 4.65. The summed E-state index contributed by atoms with van der Waals surface area (Å²) in [6.07, 6.45) is 5.97. The van der Waals surface area contributed by atoms with Crippen molar-refractivity contribution in [1.82, 2.24) is 4.98 Å². The van der Waals surface area contributed by atoms with Gasteiger partial charge in [-0.3, -0.25) is 4.98 Å². The van der Waals surface area contributed by atoms with Crippen LogP contribution in [0.4, 0.5) is 0 Å².